The summed E-state index contributed by atoms with van der Waals surface area (Å²) in [6.07, 6.45) is 2.79. The Balaban J connectivity index is 2.42. The lowest BCUT2D eigenvalue weighted by Gasteiger charge is -2.16. The first-order chi connectivity index (χ1) is 8.43. The number of imidazole rings is 1. The number of aryl methyl sites for hydroxylation is 1. The van der Waals surface area contributed by atoms with E-state index in [1.165, 1.54) is 55.2 Å². The fourth-order valence-electron chi connectivity index (χ4n) is 1.71. The van der Waals surface area contributed by atoms with Crippen LogP contribution >= 0.6 is 0 Å². The monoisotopic (exact) mass is 250 g/mol. The Hall–Kier alpha value is -2.04. The number of carbonyl (C=O) groups excluding carboxylic acids is 1. The van der Waals surface area contributed by atoms with Crippen LogP contribution in [0.15, 0.2) is 36.7 Å². The van der Waals surface area contributed by atoms with Crippen LogP contribution in [0.1, 0.15) is 28.7 Å². The van der Waals surface area contributed by atoms with E-state index in [4.69, 9.17) is 0 Å². The lowest BCUT2D eigenvalue weighted by Crippen LogP contribution is -2.20. The maximum absolute atomic E-state index is 14.1. The topological polar surface area (TPSA) is 34.9 Å². The van der Waals surface area contributed by atoms with E-state index in [1.807, 2.05) is 0 Å². The van der Waals surface area contributed by atoms with Crippen molar-refractivity contribution >= 4 is 5.78 Å². The Labute approximate surface area is 103 Å². The molecule has 18 heavy (non-hydrogen) atoms. The third kappa shape index (κ3) is 2.03. The van der Waals surface area contributed by atoms with Crippen LogP contribution in [0.2, 0.25) is 0 Å². The van der Waals surface area contributed by atoms with Crippen molar-refractivity contribution in [2.75, 3.05) is 0 Å². The Bertz CT molecular complexity index is 573. The number of rotatable bonds is 3. The second-order valence-electron chi connectivity index (χ2n) is 4.07. The standard InChI is InChI=1S/C13H12F2N2O/c1-9(18)10-3-5-11(6-4-10)13(14,15)12-16-7-8-17(12)2/h3-8H,1-2H3. The van der Waals surface area contributed by atoms with Gasteiger partial charge in [-0.3, -0.25) is 4.79 Å². The molecule has 0 amide bonds. The van der Waals surface area contributed by atoms with Crippen LogP contribution in [0.3, 0.4) is 0 Å². The number of hydrogen-bond acceptors (Lipinski definition) is 2. The fraction of sp³-hybridized carbons (Fsp3) is 0.231. The molecule has 0 N–H and O–H groups in total. The number of hydrogen-bond donors (Lipinski definition) is 0. The quantitative estimate of drug-likeness (QED) is 0.785. The number of alkyl halides is 2. The molecule has 0 atom stereocenters. The van der Waals surface area contributed by atoms with E-state index < -0.39 is 5.92 Å². The molecule has 0 aliphatic rings. The summed E-state index contributed by atoms with van der Waals surface area (Å²) < 4.78 is 29.6. The second kappa shape index (κ2) is 4.33. The van der Waals surface area contributed by atoms with E-state index >= 15 is 0 Å². The van der Waals surface area contributed by atoms with E-state index in [2.05, 4.69) is 4.98 Å². The summed E-state index contributed by atoms with van der Waals surface area (Å²) in [7, 11) is 1.51. The molecule has 0 aliphatic heterocycles. The zero-order valence-electron chi connectivity index (χ0n) is 10.0. The molecule has 2 rings (SSSR count). The molecule has 0 saturated heterocycles. The molecular weight excluding hydrogens is 238 g/mol. The number of halogens is 2. The molecule has 1 heterocycles. The first-order valence-corrected chi connectivity index (χ1v) is 5.40. The molecule has 1 aromatic heterocycles. The van der Waals surface area contributed by atoms with Crippen LogP contribution in [0, 0.1) is 0 Å². The Morgan fingerprint density at radius 3 is 2.33 bits per heavy atom. The SMILES string of the molecule is CC(=O)c1ccc(C(F)(F)c2nccn2C)cc1. The number of benzene rings is 1. The van der Waals surface area contributed by atoms with Crippen LogP contribution in [-0.2, 0) is 13.0 Å². The highest BCUT2D eigenvalue weighted by Crippen LogP contribution is 2.34. The summed E-state index contributed by atoms with van der Waals surface area (Å²) >= 11 is 0. The third-order valence-corrected chi connectivity index (χ3v) is 2.76. The first-order valence-electron chi connectivity index (χ1n) is 5.40. The molecule has 3 nitrogen and oxygen atoms in total. The molecule has 0 bridgehead atoms. The average Bonchev–Trinajstić information content (AvgIpc) is 2.76. The number of nitrogens with zero attached hydrogens (tertiary/aromatic N) is 2. The smallest absolute Gasteiger partial charge is 0.330 e. The predicted molar refractivity (Wildman–Crippen MR) is 62.7 cm³/mol. The van der Waals surface area contributed by atoms with Gasteiger partial charge in [0.2, 0.25) is 0 Å². The van der Waals surface area contributed by atoms with Crippen LogP contribution in [0.25, 0.3) is 0 Å². The van der Waals surface area contributed by atoms with E-state index in [9.17, 15) is 13.6 Å². The van der Waals surface area contributed by atoms with Gasteiger partial charge in [-0.05, 0) is 6.92 Å². The average molecular weight is 250 g/mol. The van der Waals surface area contributed by atoms with Gasteiger partial charge in [0, 0.05) is 30.6 Å². The normalized spacial score (nSPS) is 11.6. The van der Waals surface area contributed by atoms with Gasteiger partial charge in [-0.2, -0.15) is 8.78 Å². The van der Waals surface area contributed by atoms with Gasteiger partial charge in [0.05, 0.1) is 0 Å². The van der Waals surface area contributed by atoms with Crippen LogP contribution in [0.4, 0.5) is 8.78 Å². The summed E-state index contributed by atoms with van der Waals surface area (Å²) in [5.41, 5.74) is 0.233. The van der Waals surface area contributed by atoms with Crippen molar-refractivity contribution in [2.24, 2.45) is 7.05 Å². The van der Waals surface area contributed by atoms with Gasteiger partial charge in [0.15, 0.2) is 11.6 Å². The summed E-state index contributed by atoms with van der Waals surface area (Å²) in [6, 6.07) is 5.31. The van der Waals surface area contributed by atoms with Gasteiger partial charge in [-0.1, -0.05) is 24.3 Å². The molecule has 2 aromatic rings. The van der Waals surface area contributed by atoms with Gasteiger partial charge < -0.3 is 4.57 Å². The summed E-state index contributed by atoms with van der Waals surface area (Å²) in [6.45, 7) is 1.39. The number of carbonyl (C=O) groups is 1. The molecule has 0 spiro atoms. The lowest BCUT2D eigenvalue weighted by molar-refractivity contribution is 0.0299. The minimum atomic E-state index is -3.17. The Kier molecular flexibility index (Phi) is 2.98. The third-order valence-electron chi connectivity index (χ3n) is 2.76. The predicted octanol–water partition coefficient (Wildman–Crippen LogP) is 2.76. The van der Waals surface area contributed by atoms with Crippen LogP contribution < -0.4 is 0 Å². The highest BCUT2D eigenvalue weighted by molar-refractivity contribution is 5.94. The van der Waals surface area contributed by atoms with Crippen LogP contribution in [0.5, 0.6) is 0 Å². The molecule has 0 radical (unpaired) electrons. The van der Waals surface area contributed by atoms with Gasteiger partial charge in [0.1, 0.15) is 0 Å². The van der Waals surface area contributed by atoms with Crippen molar-refractivity contribution < 1.29 is 13.6 Å². The number of Topliss-reactive ketones (excluding diaryl/α,β-unsaturated/α-hetero) is 1. The molecular formula is C13H12F2N2O. The number of ketones is 1. The van der Waals surface area contributed by atoms with E-state index in [0.717, 1.165) is 0 Å². The maximum Gasteiger partial charge on any atom is 0.330 e. The minimum Gasteiger partial charge on any atom is -0.333 e. The van der Waals surface area contributed by atoms with E-state index in [-0.39, 0.29) is 17.2 Å². The van der Waals surface area contributed by atoms with Crippen molar-refractivity contribution in [3.63, 3.8) is 0 Å². The molecule has 5 heteroatoms. The minimum absolute atomic E-state index is 0.151. The molecule has 94 valence electrons. The van der Waals surface area contributed by atoms with Gasteiger partial charge >= 0.3 is 5.92 Å². The summed E-state index contributed by atoms with van der Waals surface area (Å²) in [5, 5.41) is 0. The highest BCUT2D eigenvalue weighted by atomic mass is 19.3. The van der Waals surface area contributed by atoms with E-state index in [1.54, 1.807) is 0 Å². The molecule has 0 unspecified atom stereocenters. The lowest BCUT2D eigenvalue weighted by atomic mass is 10.0. The van der Waals surface area contributed by atoms with Crippen molar-refractivity contribution in [3.8, 4) is 0 Å². The molecule has 0 saturated carbocycles. The molecule has 0 aliphatic carbocycles. The maximum atomic E-state index is 14.1. The Morgan fingerprint density at radius 2 is 1.89 bits per heavy atom. The molecule has 0 fully saturated rings. The first kappa shape index (κ1) is 12.4. The van der Waals surface area contributed by atoms with Crippen molar-refractivity contribution in [1.82, 2.24) is 9.55 Å². The summed E-state index contributed by atoms with van der Waals surface area (Å²) in [5.74, 6) is -3.65. The van der Waals surface area contributed by atoms with Crippen molar-refractivity contribution in [2.45, 2.75) is 12.8 Å². The largest absolute Gasteiger partial charge is 0.333 e. The van der Waals surface area contributed by atoms with Gasteiger partial charge in [0.25, 0.3) is 0 Å². The van der Waals surface area contributed by atoms with Gasteiger partial charge in [-0.25, -0.2) is 4.98 Å². The van der Waals surface area contributed by atoms with E-state index in [0.29, 0.717) is 5.56 Å². The highest BCUT2D eigenvalue weighted by Gasteiger charge is 2.37. The summed E-state index contributed by atoms with van der Waals surface area (Å²) in [4.78, 5) is 14.8. The van der Waals surface area contributed by atoms with Crippen LogP contribution in [-0.4, -0.2) is 15.3 Å². The van der Waals surface area contributed by atoms with Crippen molar-refractivity contribution in [1.29, 1.82) is 0 Å². The zero-order chi connectivity index (χ0) is 13.3. The zero-order valence-corrected chi connectivity index (χ0v) is 10.0. The second-order valence-corrected chi connectivity index (χ2v) is 4.07. The Morgan fingerprint density at radius 1 is 1.28 bits per heavy atom. The van der Waals surface area contributed by atoms with Gasteiger partial charge in [-0.15, -0.1) is 0 Å². The molecule has 1 aromatic carbocycles. The fourth-order valence-corrected chi connectivity index (χ4v) is 1.71. The van der Waals surface area contributed by atoms with Crippen molar-refractivity contribution in [3.05, 3.63) is 53.6 Å². The number of aromatic nitrogens is 2.